The Balaban J connectivity index is 1.97. The lowest BCUT2D eigenvalue weighted by Crippen LogP contribution is -2.25. The summed E-state index contributed by atoms with van der Waals surface area (Å²) in [6.07, 6.45) is 3.12. The molecular weight excluding hydrogens is 457 g/mol. The van der Waals surface area contributed by atoms with Gasteiger partial charge in [-0.2, -0.15) is 10.2 Å². The van der Waals surface area contributed by atoms with Crippen molar-refractivity contribution in [1.82, 2.24) is 29.5 Å². The first-order valence-electron chi connectivity index (χ1n) is 8.25. The van der Waals surface area contributed by atoms with Gasteiger partial charge in [0.1, 0.15) is 15.8 Å². The van der Waals surface area contributed by atoms with Gasteiger partial charge in [0.2, 0.25) is 0 Å². The molecule has 4 rings (SSSR count). The van der Waals surface area contributed by atoms with Crippen LogP contribution in [0.25, 0.3) is 22.2 Å². The summed E-state index contributed by atoms with van der Waals surface area (Å²) in [7, 11) is 1.64. The second-order valence-corrected chi connectivity index (χ2v) is 7.16. The van der Waals surface area contributed by atoms with Gasteiger partial charge in [0.25, 0.3) is 5.56 Å². The molecule has 2 N–H and O–H groups in total. The number of rotatable bonds is 3. The average Bonchev–Trinajstić information content (AvgIpc) is 3.02. The normalized spacial score (nSPS) is 12.4. The van der Waals surface area contributed by atoms with Crippen molar-refractivity contribution >= 4 is 39.4 Å². The maximum absolute atomic E-state index is 12.9. The third kappa shape index (κ3) is 2.87. The summed E-state index contributed by atoms with van der Waals surface area (Å²) in [6.45, 7) is 1.96. The molecule has 4 aromatic rings. The predicted octanol–water partition coefficient (Wildman–Crippen LogP) is 2.38. The Morgan fingerprint density at radius 3 is 2.67 bits per heavy atom. The lowest BCUT2D eigenvalue weighted by Gasteiger charge is -2.17. The zero-order valence-electron chi connectivity index (χ0n) is 14.7. The molecule has 1 aromatic carbocycles. The molecule has 0 spiro atoms. The highest BCUT2D eigenvalue weighted by molar-refractivity contribution is 14.1. The molecule has 8 nitrogen and oxygen atoms in total. The maximum Gasteiger partial charge on any atom is 0.274 e. The molecule has 0 aliphatic heterocycles. The monoisotopic (exact) mass is 473 g/mol. The van der Waals surface area contributed by atoms with Crippen LogP contribution in [0.15, 0.2) is 47.7 Å². The Kier molecular flexibility index (Phi) is 4.38. The molecule has 3 aromatic heterocycles. The van der Waals surface area contributed by atoms with Gasteiger partial charge >= 0.3 is 0 Å². The predicted molar refractivity (Wildman–Crippen MR) is 111 cm³/mol. The number of nitrogen functional groups attached to an aromatic ring is 1. The average molecular weight is 473 g/mol. The minimum Gasteiger partial charge on any atom is -0.383 e. The highest BCUT2D eigenvalue weighted by atomic mass is 127. The summed E-state index contributed by atoms with van der Waals surface area (Å²) in [4.78, 5) is 21.3. The van der Waals surface area contributed by atoms with Crippen LogP contribution in [0.4, 0.5) is 5.82 Å². The van der Waals surface area contributed by atoms with Crippen molar-refractivity contribution < 1.29 is 0 Å². The summed E-state index contributed by atoms with van der Waals surface area (Å²) < 4.78 is 3.81. The highest BCUT2D eigenvalue weighted by Gasteiger charge is 2.23. The van der Waals surface area contributed by atoms with E-state index in [1.54, 1.807) is 17.9 Å². The summed E-state index contributed by atoms with van der Waals surface area (Å²) in [5.74, 6) is 0.383. The van der Waals surface area contributed by atoms with Crippen LogP contribution in [0.1, 0.15) is 18.5 Å². The summed E-state index contributed by atoms with van der Waals surface area (Å²) in [5, 5.41) is 9.53. The van der Waals surface area contributed by atoms with Gasteiger partial charge < -0.3 is 5.73 Å². The quantitative estimate of drug-likeness (QED) is 0.459. The number of benzene rings is 1. The van der Waals surface area contributed by atoms with E-state index in [9.17, 15) is 4.79 Å². The number of aryl methyl sites for hydroxylation is 1. The molecule has 0 aliphatic carbocycles. The van der Waals surface area contributed by atoms with E-state index in [1.807, 2.05) is 37.3 Å². The Morgan fingerprint density at radius 1 is 1.19 bits per heavy atom. The molecule has 0 bridgehead atoms. The molecular formula is C18H16IN7O. The molecule has 1 atom stereocenters. The lowest BCUT2D eigenvalue weighted by molar-refractivity contribution is 0.566. The van der Waals surface area contributed by atoms with E-state index in [4.69, 9.17) is 5.73 Å². The van der Waals surface area contributed by atoms with Crippen LogP contribution in [0.3, 0.4) is 0 Å². The molecule has 0 saturated heterocycles. The zero-order valence-corrected chi connectivity index (χ0v) is 16.8. The van der Waals surface area contributed by atoms with Gasteiger partial charge in [0.15, 0.2) is 5.65 Å². The van der Waals surface area contributed by atoms with Gasteiger partial charge in [-0.25, -0.2) is 19.3 Å². The van der Waals surface area contributed by atoms with Gasteiger partial charge in [0, 0.05) is 12.6 Å². The third-order valence-electron chi connectivity index (χ3n) is 4.52. The fourth-order valence-electron chi connectivity index (χ4n) is 3.12. The van der Waals surface area contributed by atoms with Crippen molar-refractivity contribution in [3.05, 3.63) is 62.5 Å². The first-order valence-corrected chi connectivity index (χ1v) is 9.32. The number of halogens is 1. The number of nitrogens with zero attached hydrogens (tertiary/aromatic N) is 6. The van der Waals surface area contributed by atoms with E-state index in [0.717, 1.165) is 11.1 Å². The molecule has 9 heteroatoms. The van der Waals surface area contributed by atoms with Crippen LogP contribution in [-0.4, -0.2) is 29.5 Å². The molecule has 0 radical (unpaired) electrons. The van der Waals surface area contributed by atoms with Crippen LogP contribution in [0, 0.1) is 3.70 Å². The second-order valence-electron chi connectivity index (χ2n) is 6.14. The van der Waals surface area contributed by atoms with E-state index in [-0.39, 0.29) is 11.6 Å². The second kappa shape index (κ2) is 6.72. The number of hydrogen-bond acceptors (Lipinski definition) is 6. The van der Waals surface area contributed by atoms with E-state index in [1.165, 1.54) is 11.0 Å². The SMILES string of the molecule is CC(c1cnn(C)c(=O)c1-c1ccccc1)n1nc(I)c2c(N)ncnc21. The Morgan fingerprint density at radius 2 is 1.93 bits per heavy atom. The number of nitrogens with two attached hydrogens (primary N) is 1. The van der Waals surface area contributed by atoms with Gasteiger partial charge in [-0.05, 0) is 35.1 Å². The molecule has 0 saturated carbocycles. The number of aromatic nitrogens is 6. The van der Waals surface area contributed by atoms with E-state index < -0.39 is 0 Å². The standard InChI is InChI=1S/C18H16IN7O/c1-10(26-17-14(15(19)24-26)16(20)21-9-22-17)12-8-23-25(2)18(27)13(12)11-6-4-3-5-7-11/h3-10H,1-2H3,(H2,20,21,22). The molecule has 0 amide bonds. The van der Waals surface area contributed by atoms with Crippen LogP contribution in [0.2, 0.25) is 0 Å². The van der Waals surface area contributed by atoms with Gasteiger partial charge in [-0.1, -0.05) is 30.3 Å². The Bertz CT molecular complexity index is 1200. The molecule has 0 aliphatic rings. The van der Waals surface area contributed by atoms with E-state index in [0.29, 0.717) is 26.1 Å². The maximum atomic E-state index is 12.9. The zero-order chi connectivity index (χ0) is 19.1. The van der Waals surface area contributed by atoms with Crippen molar-refractivity contribution in [2.24, 2.45) is 7.05 Å². The largest absolute Gasteiger partial charge is 0.383 e. The third-order valence-corrected chi connectivity index (χ3v) is 5.28. The fraction of sp³-hybridized carbons (Fsp3) is 0.167. The lowest BCUT2D eigenvalue weighted by atomic mass is 9.98. The first kappa shape index (κ1) is 17.6. The summed E-state index contributed by atoms with van der Waals surface area (Å²) >= 11 is 2.12. The molecule has 3 heterocycles. The van der Waals surface area contributed by atoms with Crippen LogP contribution in [0.5, 0.6) is 0 Å². The first-order chi connectivity index (χ1) is 13.0. The summed E-state index contributed by atoms with van der Waals surface area (Å²) in [6, 6.07) is 9.28. The van der Waals surface area contributed by atoms with Crippen molar-refractivity contribution in [1.29, 1.82) is 0 Å². The van der Waals surface area contributed by atoms with Crippen molar-refractivity contribution in [3.63, 3.8) is 0 Å². The number of fused-ring (bicyclic) bond motifs is 1. The fourth-order valence-corrected chi connectivity index (χ4v) is 3.87. The van der Waals surface area contributed by atoms with Crippen molar-refractivity contribution in [2.45, 2.75) is 13.0 Å². The smallest absolute Gasteiger partial charge is 0.274 e. The van der Waals surface area contributed by atoms with E-state index >= 15 is 0 Å². The van der Waals surface area contributed by atoms with Gasteiger partial charge in [-0.3, -0.25) is 4.79 Å². The van der Waals surface area contributed by atoms with Crippen LogP contribution >= 0.6 is 22.6 Å². The Labute approximate surface area is 168 Å². The minimum absolute atomic E-state index is 0.161. The minimum atomic E-state index is -0.276. The van der Waals surface area contributed by atoms with Gasteiger partial charge in [0.05, 0.1) is 23.2 Å². The summed E-state index contributed by atoms with van der Waals surface area (Å²) in [5.41, 5.74) is 8.66. The van der Waals surface area contributed by atoms with E-state index in [2.05, 4.69) is 42.8 Å². The highest BCUT2D eigenvalue weighted by Crippen LogP contribution is 2.31. The van der Waals surface area contributed by atoms with Crippen molar-refractivity contribution in [3.8, 4) is 11.1 Å². The topological polar surface area (TPSA) is 105 Å². The van der Waals surface area contributed by atoms with Crippen LogP contribution < -0.4 is 11.3 Å². The molecule has 0 fully saturated rings. The molecule has 136 valence electrons. The Hall–Kier alpha value is -2.82. The number of anilines is 1. The number of hydrogen-bond donors (Lipinski definition) is 1. The molecule has 27 heavy (non-hydrogen) atoms. The van der Waals surface area contributed by atoms with Crippen LogP contribution in [-0.2, 0) is 7.05 Å². The van der Waals surface area contributed by atoms with Crippen molar-refractivity contribution in [2.75, 3.05) is 5.73 Å². The van der Waals surface area contributed by atoms with Gasteiger partial charge in [-0.15, -0.1) is 0 Å². The molecule has 1 unspecified atom stereocenters.